The predicted molar refractivity (Wildman–Crippen MR) is 64.1 cm³/mol. The minimum absolute atomic E-state index is 0.0386. The van der Waals surface area contributed by atoms with Gasteiger partial charge in [0.15, 0.2) is 0 Å². The lowest BCUT2D eigenvalue weighted by atomic mass is 9.94. The number of nitrogens with one attached hydrogen (secondary N) is 2. The van der Waals surface area contributed by atoms with Crippen LogP contribution in [0.2, 0.25) is 0 Å². The lowest BCUT2D eigenvalue weighted by Crippen LogP contribution is -2.27. The maximum Gasteiger partial charge on any atom is 0.232 e. The molecule has 2 N–H and O–H groups in total. The second-order valence-corrected chi connectivity index (χ2v) is 3.87. The monoisotopic (exact) mass is 214 g/mol. The molecule has 0 aliphatic carbocycles. The first-order chi connectivity index (χ1) is 7.76. The molecule has 1 aliphatic rings. The van der Waals surface area contributed by atoms with E-state index in [1.165, 1.54) is 0 Å². The minimum atomic E-state index is -0.135. The van der Waals surface area contributed by atoms with E-state index in [2.05, 4.69) is 16.6 Å². The van der Waals surface area contributed by atoms with Crippen LogP contribution in [-0.2, 0) is 4.79 Å². The highest BCUT2D eigenvalue weighted by atomic mass is 16.2. The van der Waals surface area contributed by atoms with E-state index in [9.17, 15) is 4.79 Å². The Bertz CT molecular complexity index is 447. The molecule has 0 aromatic heterocycles. The molecule has 0 radical (unpaired) electrons. The van der Waals surface area contributed by atoms with Crippen LogP contribution in [0.3, 0.4) is 0 Å². The molecule has 1 aromatic rings. The number of hydrogen-bond donors (Lipinski definition) is 2. The Kier molecular flexibility index (Phi) is 2.93. The van der Waals surface area contributed by atoms with E-state index in [1.807, 2.05) is 31.3 Å². The van der Waals surface area contributed by atoms with Crippen molar-refractivity contribution in [1.82, 2.24) is 5.32 Å². The normalized spacial score (nSPS) is 19.8. The lowest BCUT2D eigenvalue weighted by molar-refractivity contribution is -0.117. The zero-order chi connectivity index (χ0) is 11.5. The first-order valence-electron chi connectivity index (χ1n) is 5.29. The molecule has 0 bridgehead atoms. The van der Waals surface area contributed by atoms with Crippen LogP contribution in [0.4, 0.5) is 5.69 Å². The van der Waals surface area contributed by atoms with Crippen LogP contribution in [0.1, 0.15) is 17.9 Å². The Morgan fingerprint density at radius 2 is 2.31 bits per heavy atom. The van der Waals surface area contributed by atoms with Crippen molar-refractivity contribution in [2.75, 3.05) is 12.4 Å². The van der Waals surface area contributed by atoms with Gasteiger partial charge >= 0.3 is 0 Å². The third kappa shape index (κ3) is 1.80. The van der Waals surface area contributed by atoms with Crippen LogP contribution in [0.15, 0.2) is 24.3 Å². The number of benzene rings is 1. The molecule has 3 nitrogen and oxygen atoms in total. The maximum atomic E-state index is 11.8. The van der Waals surface area contributed by atoms with Gasteiger partial charge in [-0.1, -0.05) is 24.1 Å². The van der Waals surface area contributed by atoms with Crippen molar-refractivity contribution in [2.24, 2.45) is 0 Å². The van der Waals surface area contributed by atoms with Gasteiger partial charge in [0.2, 0.25) is 5.91 Å². The fourth-order valence-electron chi connectivity index (χ4n) is 2.01. The van der Waals surface area contributed by atoms with Crippen LogP contribution >= 0.6 is 0 Å². The summed E-state index contributed by atoms with van der Waals surface area (Å²) < 4.78 is 0. The average molecular weight is 214 g/mol. The molecular formula is C13H14N2O. The van der Waals surface area contributed by atoms with Gasteiger partial charge in [-0.3, -0.25) is 4.79 Å². The smallest absolute Gasteiger partial charge is 0.232 e. The van der Waals surface area contributed by atoms with E-state index >= 15 is 0 Å². The Labute approximate surface area is 95.2 Å². The van der Waals surface area contributed by atoms with Crippen molar-refractivity contribution in [3.05, 3.63) is 29.8 Å². The van der Waals surface area contributed by atoms with Crippen molar-refractivity contribution in [3.63, 3.8) is 0 Å². The minimum Gasteiger partial charge on any atom is -0.325 e. The van der Waals surface area contributed by atoms with Crippen LogP contribution in [0.25, 0.3) is 0 Å². The molecule has 3 heteroatoms. The highest BCUT2D eigenvalue weighted by molar-refractivity contribution is 6.02. The number of para-hydroxylation sites is 1. The second-order valence-electron chi connectivity index (χ2n) is 3.87. The molecule has 2 rings (SSSR count). The molecule has 0 saturated carbocycles. The zero-order valence-corrected chi connectivity index (χ0v) is 9.16. The van der Waals surface area contributed by atoms with Crippen molar-refractivity contribution in [2.45, 2.75) is 18.4 Å². The van der Waals surface area contributed by atoms with Crippen LogP contribution < -0.4 is 10.6 Å². The quantitative estimate of drug-likeness (QED) is 0.745. The van der Waals surface area contributed by atoms with E-state index in [4.69, 9.17) is 6.42 Å². The summed E-state index contributed by atoms with van der Waals surface area (Å²) >= 11 is 0. The van der Waals surface area contributed by atoms with Gasteiger partial charge in [0.05, 0.1) is 12.0 Å². The zero-order valence-electron chi connectivity index (χ0n) is 9.16. The number of terminal acetylenes is 1. The van der Waals surface area contributed by atoms with Gasteiger partial charge in [-0.25, -0.2) is 0 Å². The number of amides is 1. The molecule has 0 fully saturated rings. The maximum absolute atomic E-state index is 11.8. The highest BCUT2D eigenvalue weighted by Gasteiger charge is 2.31. The average Bonchev–Trinajstić information content (AvgIpc) is 2.62. The van der Waals surface area contributed by atoms with Gasteiger partial charge < -0.3 is 10.6 Å². The van der Waals surface area contributed by atoms with Gasteiger partial charge in [0.25, 0.3) is 0 Å². The Morgan fingerprint density at radius 1 is 1.56 bits per heavy atom. The fraction of sp³-hybridized carbons (Fsp3) is 0.308. The number of fused-ring (bicyclic) bond motifs is 1. The standard InChI is InChI=1S/C13H14N2O/c1-3-9(14-2)8-11-10-6-4-5-7-12(10)15-13(11)16/h1,4-7,9,11,14H,8H2,2H3,(H,15,16)/t9-,11-/m1/s1. The molecule has 1 aromatic carbocycles. The van der Waals surface area contributed by atoms with Crippen molar-refractivity contribution < 1.29 is 4.79 Å². The summed E-state index contributed by atoms with van der Waals surface area (Å²) in [5, 5.41) is 5.88. The number of hydrogen-bond acceptors (Lipinski definition) is 2. The number of anilines is 1. The van der Waals surface area contributed by atoms with E-state index in [0.717, 1.165) is 11.3 Å². The van der Waals surface area contributed by atoms with Gasteiger partial charge in [0, 0.05) is 5.69 Å². The third-order valence-corrected chi connectivity index (χ3v) is 2.93. The third-order valence-electron chi connectivity index (χ3n) is 2.93. The van der Waals surface area contributed by atoms with E-state index < -0.39 is 0 Å². The SMILES string of the molecule is C#C[C@H](C[C@H]1C(=O)Nc2ccccc21)NC. The number of rotatable bonds is 3. The topological polar surface area (TPSA) is 41.1 Å². The summed E-state index contributed by atoms with van der Waals surface area (Å²) in [5.41, 5.74) is 1.95. The Hall–Kier alpha value is -1.79. The van der Waals surface area contributed by atoms with Crippen molar-refractivity contribution >= 4 is 11.6 Å². The first-order valence-corrected chi connectivity index (χ1v) is 5.29. The summed E-state index contributed by atoms with van der Waals surface area (Å²) in [6.45, 7) is 0. The summed E-state index contributed by atoms with van der Waals surface area (Å²) in [6.07, 6.45) is 6.02. The van der Waals surface area contributed by atoms with E-state index in [0.29, 0.717) is 6.42 Å². The molecule has 16 heavy (non-hydrogen) atoms. The molecule has 1 heterocycles. The predicted octanol–water partition coefficient (Wildman–Crippen LogP) is 1.33. The summed E-state index contributed by atoms with van der Waals surface area (Å²) in [4.78, 5) is 11.8. The van der Waals surface area contributed by atoms with Gasteiger partial charge in [-0.2, -0.15) is 0 Å². The van der Waals surface area contributed by atoms with Crippen LogP contribution in [0.5, 0.6) is 0 Å². The largest absolute Gasteiger partial charge is 0.325 e. The Morgan fingerprint density at radius 3 is 3.00 bits per heavy atom. The van der Waals surface area contributed by atoms with Crippen LogP contribution in [0, 0.1) is 12.3 Å². The highest BCUT2D eigenvalue weighted by Crippen LogP contribution is 2.34. The second kappa shape index (κ2) is 4.38. The fourth-order valence-corrected chi connectivity index (χ4v) is 2.01. The molecule has 1 amide bonds. The van der Waals surface area contributed by atoms with Gasteiger partial charge in [0.1, 0.15) is 0 Å². The summed E-state index contributed by atoms with van der Waals surface area (Å²) in [7, 11) is 1.81. The Balaban J connectivity index is 2.23. The molecule has 0 unspecified atom stereocenters. The lowest BCUT2D eigenvalue weighted by Gasteiger charge is -2.13. The summed E-state index contributed by atoms with van der Waals surface area (Å²) in [6, 6.07) is 7.68. The van der Waals surface area contributed by atoms with Crippen LogP contribution in [-0.4, -0.2) is 19.0 Å². The first kappa shape index (κ1) is 10.7. The van der Waals surface area contributed by atoms with Gasteiger partial charge in [-0.15, -0.1) is 6.42 Å². The number of carbonyl (C=O) groups is 1. The van der Waals surface area contributed by atoms with E-state index in [-0.39, 0.29) is 17.9 Å². The molecular weight excluding hydrogens is 200 g/mol. The van der Waals surface area contributed by atoms with Gasteiger partial charge in [-0.05, 0) is 25.1 Å². The molecule has 0 spiro atoms. The molecule has 1 aliphatic heterocycles. The molecule has 2 atom stereocenters. The van der Waals surface area contributed by atoms with E-state index in [1.54, 1.807) is 0 Å². The number of carbonyl (C=O) groups excluding carboxylic acids is 1. The van der Waals surface area contributed by atoms with Crippen molar-refractivity contribution in [1.29, 1.82) is 0 Å². The molecule has 82 valence electrons. The molecule has 0 saturated heterocycles. The van der Waals surface area contributed by atoms with Crippen molar-refractivity contribution in [3.8, 4) is 12.3 Å². The summed E-state index contributed by atoms with van der Waals surface area (Å²) in [5.74, 6) is 2.54.